The fraction of sp³-hybridized carbons (Fsp3) is 0.440. The van der Waals surface area contributed by atoms with Gasteiger partial charge in [-0.15, -0.1) is 0 Å². The number of fused-ring (bicyclic) bond motifs is 1. The normalized spacial score (nSPS) is 15.7. The molecule has 1 N–H and O–H groups in total. The van der Waals surface area contributed by atoms with Crippen molar-refractivity contribution in [2.45, 2.75) is 52.2 Å². The highest BCUT2D eigenvalue weighted by molar-refractivity contribution is 5.75. The van der Waals surface area contributed by atoms with E-state index in [0.29, 0.717) is 12.6 Å². The Morgan fingerprint density at radius 1 is 1.03 bits per heavy atom. The lowest BCUT2D eigenvalue weighted by atomic mass is 10.0. The third-order valence-corrected chi connectivity index (χ3v) is 6.26. The number of rotatable bonds is 7. The number of hydrogen-bond donors (Lipinski definition) is 1. The zero-order valence-corrected chi connectivity index (χ0v) is 18.1. The van der Waals surface area contributed by atoms with Crippen LogP contribution in [0.4, 0.5) is 0 Å². The number of piperidine rings is 1. The van der Waals surface area contributed by atoms with Crippen LogP contribution in [0.25, 0.3) is 11.0 Å². The van der Waals surface area contributed by atoms with Gasteiger partial charge in [0, 0.05) is 25.7 Å². The second-order valence-electron chi connectivity index (χ2n) is 8.41. The van der Waals surface area contributed by atoms with E-state index in [9.17, 15) is 4.79 Å². The zero-order chi connectivity index (χ0) is 20.9. The van der Waals surface area contributed by atoms with Crippen molar-refractivity contribution in [3.05, 3.63) is 75.7 Å². The topological polar surface area (TPSA) is 50.2 Å². The summed E-state index contributed by atoms with van der Waals surface area (Å²) >= 11 is 0. The molecule has 1 saturated heterocycles. The predicted octanol–water partition coefficient (Wildman–Crippen LogP) is 3.52. The van der Waals surface area contributed by atoms with E-state index in [1.54, 1.807) is 0 Å². The Morgan fingerprint density at radius 2 is 1.77 bits per heavy atom. The first-order valence-corrected chi connectivity index (χ1v) is 11.1. The quantitative estimate of drug-likeness (QED) is 0.655. The molecule has 0 radical (unpaired) electrons. The molecule has 0 bridgehead atoms. The van der Waals surface area contributed by atoms with E-state index in [1.807, 2.05) is 16.7 Å². The van der Waals surface area contributed by atoms with Gasteiger partial charge in [0.25, 0.3) is 5.56 Å². The molecule has 5 heteroatoms. The molecule has 1 fully saturated rings. The van der Waals surface area contributed by atoms with E-state index in [-0.39, 0.29) is 5.56 Å². The highest BCUT2D eigenvalue weighted by Gasteiger charge is 2.19. The van der Waals surface area contributed by atoms with Gasteiger partial charge in [-0.2, -0.15) is 0 Å². The van der Waals surface area contributed by atoms with Crippen molar-refractivity contribution in [1.29, 1.82) is 0 Å². The molecule has 30 heavy (non-hydrogen) atoms. The molecule has 0 unspecified atom stereocenters. The van der Waals surface area contributed by atoms with Crippen LogP contribution in [0.2, 0.25) is 0 Å². The van der Waals surface area contributed by atoms with Crippen molar-refractivity contribution in [1.82, 2.24) is 19.8 Å². The number of likely N-dealkylation sites (tertiary alicyclic amines) is 1. The number of nitrogens with one attached hydrogen (secondary N) is 1. The number of nitrogens with zero attached hydrogens (tertiary/aromatic N) is 3. The van der Waals surface area contributed by atoms with Gasteiger partial charge in [-0.1, -0.05) is 37.3 Å². The number of aryl methyl sites for hydroxylation is 2. The van der Waals surface area contributed by atoms with Crippen LogP contribution < -0.4 is 10.9 Å². The molecule has 1 aromatic heterocycles. The molecule has 0 atom stereocenters. The van der Waals surface area contributed by atoms with Crippen LogP contribution >= 0.6 is 0 Å². The van der Waals surface area contributed by atoms with Crippen molar-refractivity contribution < 1.29 is 0 Å². The molecular formula is C25H32N4O. The summed E-state index contributed by atoms with van der Waals surface area (Å²) in [6.45, 7) is 8.94. The number of benzene rings is 2. The molecule has 158 valence electrons. The molecule has 5 nitrogen and oxygen atoms in total. The molecule has 0 spiro atoms. The smallest absolute Gasteiger partial charge is 0.269 e. The summed E-state index contributed by atoms with van der Waals surface area (Å²) in [7, 11) is 0. The first kappa shape index (κ1) is 20.8. The molecule has 2 heterocycles. The minimum atomic E-state index is -0.0151. The fourth-order valence-corrected chi connectivity index (χ4v) is 4.26. The van der Waals surface area contributed by atoms with Gasteiger partial charge < -0.3 is 14.8 Å². The predicted molar refractivity (Wildman–Crippen MR) is 123 cm³/mol. The Morgan fingerprint density at radius 3 is 2.50 bits per heavy atom. The van der Waals surface area contributed by atoms with Crippen molar-refractivity contribution in [2.75, 3.05) is 19.6 Å². The summed E-state index contributed by atoms with van der Waals surface area (Å²) in [6, 6.07) is 15.6. The summed E-state index contributed by atoms with van der Waals surface area (Å²) < 4.78 is 1.87. The van der Waals surface area contributed by atoms with Gasteiger partial charge in [0.2, 0.25) is 0 Å². The number of hydrogen-bond acceptors (Lipinski definition) is 4. The minimum absolute atomic E-state index is 0.0151. The Labute approximate surface area is 178 Å². The van der Waals surface area contributed by atoms with Gasteiger partial charge in [0.1, 0.15) is 0 Å². The fourth-order valence-electron chi connectivity index (χ4n) is 4.26. The van der Waals surface area contributed by atoms with Crippen molar-refractivity contribution in [3.63, 3.8) is 0 Å². The lowest BCUT2D eigenvalue weighted by Crippen LogP contribution is -2.43. The van der Waals surface area contributed by atoms with Crippen LogP contribution in [0.5, 0.6) is 0 Å². The molecule has 4 rings (SSSR count). The first-order valence-electron chi connectivity index (χ1n) is 11.1. The molecule has 0 amide bonds. The van der Waals surface area contributed by atoms with Gasteiger partial charge in [-0.25, -0.2) is 4.98 Å². The van der Waals surface area contributed by atoms with Crippen molar-refractivity contribution in [2.24, 2.45) is 0 Å². The summed E-state index contributed by atoms with van der Waals surface area (Å²) in [4.78, 5) is 19.2. The van der Waals surface area contributed by atoms with Crippen molar-refractivity contribution in [3.8, 4) is 0 Å². The Kier molecular flexibility index (Phi) is 6.60. The maximum Gasteiger partial charge on any atom is 0.269 e. The molecular weight excluding hydrogens is 372 g/mol. The van der Waals surface area contributed by atoms with Crippen LogP contribution in [0.1, 0.15) is 36.5 Å². The van der Waals surface area contributed by atoms with Crippen LogP contribution in [0.3, 0.4) is 0 Å². The Balaban J connectivity index is 1.28. The van der Waals surface area contributed by atoms with Crippen LogP contribution in [0.15, 0.2) is 53.5 Å². The highest BCUT2D eigenvalue weighted by atomic mass is 16.1. The lowest BCUT2D eigenvalue weighted by molar-refractivity contribution is 0.191. The minimum Gasteiger partial charge on any atom is -0.310 e. The Hall–Kier alpha value is -2.50. The van der Waals surface area contributed by atoms with E-state index in [0.717, 1.165) is 62.0 Å². The average Bonchev–Trinajstić information content (AvgIpc) is 2.78. The van der Waals surface area contributed by atoms with E-state index >= 15 is 0 Å². The van der Waals surface area contributed by atoms with E-state index in [4.69, 9.17) is 0 Å². The number of aromatic nitrogens is 2. The highest BCUT2D eigenvalue weighted by Crippen LogP contribution is 2.14. The lowest BCUT2D eigenvalue weighted by Gasteiger charge is -2.32. The van der Waals surface area contributed by atoms with E-state index < -0.39 is 0 Å². The van der Waals surface area contributed by atoms with Gasteiger partial charge in [0.05, 0.1) is 17.2 Å². The molecule has 3 aromatic rings. The van der Waals surface area contributed by atoms with Gasteiger partial charge in [0.15, 0.2) is 0 Å². The van der Waals surface area contributed by atoms with Gasteiger partial charge >= 0.3 is 0 Å². The maximum atomic E-state index is 12.4. The molecule has 0 saturated carbocycles. The average molecular weight is 405 g/mol. The maximum absolute atomic E-state index is 12.4. The van der Waals surface area contributed by atoms with Crippen molar-refractivity contribution >= 4 is 11.0 Å². The molecule has 2 aromatic carbocycles. The second kappa shape index (κ2) is 9.54. The van der Waals surface area contributed by atoms with Gasteiger partial charge in [-0.3, -0.25) is 4.79 Å². The standard InChI is InChI=1S/C25H32N4O/c1-3-20-5-7-21(8-6-20)17-26-22-10-12-28(13-11-22)14-15-29-24-16-19(2)4-9-23(24)27-18-25(29)30/h4-9,16,18,22,26H,3,10-15,17H2,1-2H3. The molecule has 1 aliphatic rings. The Bertz CT molecular complexity index is 1030. The third-order valence-electron chi connectivity index (χ3n) is 6.26. The third kappa shape index (κ3) is 4.97. The summed E-state index contributed by atoms with van der Waals surface area (Å²) in [6.07, 6.45) is 4.84. The summed E-state index contributed by atoms with van der Waals surface area (Å²) in [5.41, 5.74) is 5.71. The van der Waals surface area contributed by atoms with E-state index in [1.165, 1.54) is 17.3 Å². The molecule has 1 aliphatic heterocycles. The van der Waals surface area contributed by atoms with E-state index in [2.05, 4.69) is 59.4 Å². The molecule has 0 aliphatic carbocycles. The van der Waals surface area contributed by atoms with Gasteiger partial charge in [-0.05, 0) is 68.1 Å². The summed E-state index contributed by atoms with van der Waals surface area (Å²) in [5.74, 6) is 0. The largest absolute Gasteiger partial charge is 0.310 e. The summed E-state index contributed by atoms with van der Waals surface area (Å²) in [5, 5.41) is 3.72. The zero-order valence-electron chi connectivity index (χ0n) is 18.1. The van der Waals surface area contributed by atoms with Crippen LogP contribution in [0, 0.1) is 6.92 Å². The second-order valence-corrected chi connectivity index (χ2v) is 8.41. The first-order chi connectivity index (χ1) is 14.6. The monoisotopic (exact) mass is 404 g/mol. The SMILES string of the molecule is CCc1ccc(CNC2CCN(CCn3c(=O)cnc4ccc(C)cc43)CC2)cc1. The van der Waals surface area contributed by atoms with Crippen LogP contribution in [-0.2, 0) is 19.5 Å². The van der Waals surface area contributed by atoms with Crippen LogP contribution in [-0.4, -0.2) is 40.1 Å².